The molecule has 0 aliphatic heterocycles. The van der Waals surface area contributed by atoms with E-state index >= 15 is 0 Å². The van der Waals surface area contributed by atoms with Crippen molar-refractivity contribution in [2.75, 3.05) is 0 Å². The predicted molar refractivity (Wildman–Crippen MR) is 96.2 cm³/mol. The maximum absolute atomic E-state index is 14.0. The van der Waals surface area contributed by atoms with Crippen molar-refractivity contribution in [1.29, 1.82) is 0 Å². The monoisotopic (exact) mass is 355 g/mol. The largest absolute Gasteiger partial charge is 0.244 e. The summed E-state index contributed by atoms with van der Waals surface area (Å²) in [6.07, 6.45) is 0. The minimum absolute atomic E-state index is 0.358. The molecule has 0 aromatic heterocycles. The SMILES string of the molecule is Cc1ccc([C@@H](NS(=O)(=O)c2ccccc2F)c2ccccc2)cc1. The van der Waals surface area contributed by atoms with Gasteiger partial charge in [-0.1, -0.05) is 72.3 Å². The van der Waals surface area contributed by atoms with Crippen molar-refractivity contribution in [1.82, 2.24) is 4.72 Å². The van der Waals surface area contributed by atoms with Crippen LogP contribution in [-0.2, 0) is 10.0 Å². The second-order valence-corrected chi connectivity index (χ2v) is 7.49. The summed E-state index contributed by atoms with van der Waals surface area (Å²) in [5.74, 6) is -0.772. The van der Waals surface area contributed by atoms with Crippen LogP contribution in [0.3, 0.4) is 0 Å². The fourth-order valence-corrected chi connectivity index (χ4v) is 3.91. The highest BCUT2D eigenvalue weighted by atomic mass is 32.2. The zero-order chi connectivity index (χ0) is 17.9. The van der Waals surface area contributed by atoms with Crippen LogP contribution >= 0.6 is 0 Å². The first-order valence-electron chi connectivity index (χ1n) is 7.86. The van der Waals surface area contributed by atoms with E-state index in [0.717, 1.165) is 22.8 Å². The number of hydrogen-bond acceptors (Lipinski definition) is 2. The zero-order valence-electron chi connectivity index (χ0n) is 13.7. The molecule has 0 heterocycles. The molecule has 3 aromatic rings. The lowest BCUT2D eigenvalue weighted by atomic mass is 9.99. The molecule has 3 aromatic carbocycles. The van der Waals surface area contributed by atoms with Gasteiger partial charge in [-0.05, 0) is 30.2 Å². The van der Waals surface area contributed by atoms with Gasteiger partial charge in [-0.3, -0.25) is 0 Å². The Balaban J connectivity index is 2.04. The molecular formula is C20H18FNO2S. The van der Waals surface area contributed by atoms with Crippen LogP contribution in [0.1, 0.15) is 22.7 Å². The van der Waals surface area contributed by atoms with Gasteiger partial charge in [0.1, 0.15) is 10.7 Å². The van der Waals surface area contributed by atoms with Gasteiger partial charge in [0, 0.05) is 0 Å². The normalized spacial score (nSPS) is 12.7. The van der Waals surface area contributed by atoms with E-state index in [2.05, 4.69) is 4.72 Å². The summed E-state index contributed by atoms with van der Waals surface area (Å²) < 4.78 is 42.1. The number of nitrogens with one attached hydrogen (secondary N) is 1. The van der Waals surface area contributed by atoms with E-state index < -0.39 is 21.9 Å². The van der Waals surface area contributed by atoms with E-state index in [9.17, 15) is 12.8 Å². The Bertz CT molecular complexity index is 955. The van der Waals surface area contributed by atoms with Crippen LogP contribution in [0.5, 0.6) is 0 Å². The summed E-state index contributed by atoms with van der Waals surface area (Å²) in [6.45, 7) is 1.96. The fourth-order valence-electron chi connectivity index (χ4n) is 2.61. The minimum Gasteiger partial charge on any atom is -0.207 e. The molecule has 0 aliphatic carbocycles. The summed E-state index contributed by atoms with van der Waals surface area (Å²) in [6, 6.07) is 21.6. The van der Waals surface area contributed by atoms with Gasteiger partial charge < -0.3 is 0 Å². The number of halogens is 1. The Morgan fingerprint density at radius 2 is 1.36 bits per heavy atom. The van der Waals surface area contributed by atoms with Gasteiger partial charge in [0.25, 0.3) is 0 Å². The smallest absolute Gasteiger partial charge is 0.207 e. The van der Waals surface area contributed by atoms with E-state index in [1.165, 1.54) is 18.2 Å². The Morgan fingerprint density at radius 3 is 2.00 bits per heavy atom. The molecule has 128 valence electrons. The molecule has 5 heteroatoms. The molecule has 0 amide bonds. The van der Waals surface area contributed by atoms with Crippen LogP contribution in [0.2, 0.25) is 0 Å². The van der Waals surface area contributed by atoms with Gasteiger partial charge in [0.2, 0.25) is 10.0 Å². The summed E-state index contributed by atoms with van der Waals surface area (Å²) in [5.41, 5.74) is 2.65. The van der Waals surface area contributed by atoms with Crippen molar-refractivity contribution in [2.45, 2.75) is 17.9 Å². The summed E-state index contributed by atoms with van der Waals surface area (Å²) in [4.78, 5) is -0.358. The Morgan fingerprint density at radius 1 is 0.800 bits per heavy atom. The van der Waals surface area contributed by atoms with Crippen LogP contribution in [0.4, 0.5) is 4.39 Å². The second-order valence-electron chi connectivity index (χ2n) is 5.81. The third kappa shape index (κ3) is 3.95. The molecule has 0 saturated heterocycles. The first-order chi connectivity index (χ1) is 12.0. The molecule has 0 aliphatic rings. The van der Waals surface area contributed by atoms with Crippen LogP contribution < -0.4 is 4.72 Å². The van der Waals surface area contributed by atoms with Crippen molar-refractivity contribution in [3.8, 4) is 0 Å². The number of aryl methyl sites for hydroxylation is 1. The summed E-state index contributed by atoms with van der Waals surface area (Å²) in [7, 11) is -4.02. The van der Waals surface area contributed by atoms with E-state index in [4.69, 9.17) is 0 Å². The number of hydrogen-bond donors (Lipinski definition) is 1. The van der Waals surface area contributed by atoms with Crippen LogP contribution in [0, 0.1) is 12.7 Å². The Hall–Kier alpha value is -2.50. The molecule has 1 atom stereocenters. The third-order valence-electron chi connectivity index (χ3n) is 3.94. The van der Waals surface area contributed by atoms with Gasteiger partial charge in [-0.2, -0.15) is 4.72 Å². The molecule has 0 unspecified atom stereocenters. The lowest BCUT2D eigenvalue weighted by Crippen LogP contribution is -2.30. The number of sulfonamides is 1. The molecule has 0 saturated carbocycles. The van der Waals surface area contributed by atoms with E-state index in [1.807, 2.05) is 61.5 Å². The fraction of sp³-hybridized carbons (Fsp3) is 0.100. The van der Waals surface area contributed by atoms with Gasteiger partial charge in [-0.25, -0.2) is 12.8 Å². The highest BCUT2D eigenvalue weighted by molar-refractivity contribution is 7.89. The van der Waals surface area contributed by atoms with Crippen molar-refractivity contribution < 1.29 is 12.8 Å². The zero-order valence-corrected chi connectivity index (χ0v) is 14.5. The average molecular weight is 355 g/mol. The molecule has 3 nitrogen and oxygen atoms in total. The average Bonchev–Trinajstić information content (AvgIpc) is 2.61. The molecule has 0 bridgehead atoms. The molecule has 0 spiro atoms. The minimum atomic E-state index is -4.02. The maximum Gasteiger partial charge on any atom is 0.244 e. The highest BCUT2D eigenvalue weighted by Crippen LogP contribution is 2.25. The van der Waals surface area contributed by atoms with Crippen LogP contribution in [0.25, 0.3) is 0 Å². The Labute approximate surface area is 147 Å². The predicted octanol–water partition coefficient (Wildman–Crippen LogP) is 4.20. The van der Waals surface area contributed by atoms with Crippen molar-refractivity contribution >= 4 is 10.0 Å². The molecule has 0 fully saturated rings. The first-order valence-corrected chi connectivity index (χ1v) is 9.34. The number of benzene rings is 3. The van der Waals surface area contributed by atoms with Crippen molar-refractivity contribution in [3.05, 3.63) is 101 Å². The highest BCUT2D eigenvalue weighted by Gasteiger charge is 2.25. The molecule has 25 heavy (non-hydrogen) atoms. The van der Waals surface area contributed by atoms with E-state index in [-0.39, 0.29) is 4.90 Å². The van der Waals surface area contributed by atoms with E-state index in [0.29, 0.717) is 0 Å². The molecule has 3 rings (SSSR count). The van der Waals surface area contributed by atoms with Crippen LogP contribution in [0.15, 0.2) is 83.8 Å². The molecule has 1 N–H and O–H groups in total. The quantitative estimate of drug-likeness (QED) is 0.745. The summed E-state index contributed by atoms with van der Waals surface area (Å²) >= 11 is 0. The maximum atomic E-state index is 14.0. The topological polar surface area (TPSA) is 46.2 Å². The van der Waals surface area contributed by atoms with Crippen molar-refractivity contribution in [3.63, 3.8) is 0 Å². The standard InChI is InChI=1S/C20H18FNO2S/c1-15-11-13-17(14-12-15)20(16-7-3-2-4-8-16)22-25(23,24)19-10-6-5-9-18(19)21/h2-14,20,22H,1H3/t20-/m0/s1. The summed E-state index contributed by atoms with van der Waals surface area (Å²) in [5, 5.41) is 0. The molecular weight excluding hydrogens is 337 g/mol. The van der Waals surface area contributed by atoms with Gasteiger partial charge in [0.05, 0.1) is 6.04 Å². The van der Waals surface area contributed by atoms with Gasteiger partial charge in [0.15, 0.2) is 0 Å². The lowest BCUT2D eigenvalue weighted by molar-refractivity contribution is 0.550. The lowest BCUT2D eigenvalue weighted by Gasteiger charge is -2.20. The molecule has 0 radical (unpaired) electrons. The van der Waals surface area contributed by atoms with Gasteiger partial charge in [-0.15, -0.1) is 0 Å². The van der Waals surface area contributed by atoms with E-state index in [1.54, 1.807) is 0 Å². The van der Waals surface area contributed by atoms with Crippen molar-refractivity contribution in [2.24, 2.45) is 0 Å². The number of rotatable bonds is 5. The first kappa shape index (κ1) is 17.3. The third-order valence-corrected chi connectivity index (χ3v) is 5.40. The Kier molecular flexibility index (Phi) is 4.97. The van der Waals surface area contributed by atoms with Gasteiger partial charge >= 0.3 is 0 Å². The van der Waals surface area contributed by atoms with Crippen LogP contribution in [-0.4, -0.2) is 8.42 Å². The second kappa shape index (κ2) is 7.17.